The maximum absolute atomic E-state index is 13.7. The number of morpholine rings is 1. The van der Waals surface area contributed by atoms with Gasteiger partial charge in [0.2, 0.25) is 0 Å². The van der Waals surface area contributed by atoms with E-state index in [2.05, 4.69) is 4.90 Å². The second-order valence-electron chi connectivity index (χ2n) is 4.65. The van der Waals surface area contributed by atoms with Gasteiger partial charge in [0.15, 0.2) is 0 Å². The van der Waals surface area contributed by atoms with Crippen LogP contribution >= 0.6 is 11.6 Å². The largest absolute Gasteiger partial charge is 0.373 e. The van der Waals surface area contributed by atoms with Crippen molar-refractivity contribution < 1.29 is 9.13 Å². The molecule has 0 spiro atoms. The number of ether oxygens (including phenoxy) is 1. The molecule has 0 saturated carbocycles. The van der Waals surface area contributed by atoms with E-state index in [-0.39, 0.29) is 18.0 Å². The first-order valence-corrected chi connectivity index (χ1v) is 6.24. The maximum atomic E-state index is 13.7. The highest BCUT2D eigenvalue weighted by Crippen LogP contribution is 2.22. The normalized spacial score (nSPS) is 26.1. The van der Waals surface area contributed by atoms with Crippen LogP contribution in [0.3, 0.4) is 0 Å². The van der Waals surface area contributed by atoms with Crippen LogP contribution in [0.25, 0.3) is 0 Å². The summed E-state index contributed by atoms with van der Waals surface area (Å²) in [5, 5.41) is 0.497. The van der Waals surface area contributed by atoms with Gasteiger partial charge in [-0.3, -0.25) is 4.90 Å². The summed E-state index contributed by atoms with van der Waals surface area (Å²) in [5.41, 5.74) is 0.579. The van der Waals surface area contributed by atoms with E-state index in [1.807, 2.05) is 13.8 Å². The Balaban J connectivity index is 2.10. The van der Waals surface area contributed by atoms with Crippen LogP contribution in [0.4, 0.5) is 4.39 Å². The molecule has 0 aromatic heterocycles. The van der Waals surface area contributed by atoms with Crippen LogP contribution in [0.1, 0.15) is 19.4 Å². The third-order valence-electron chi connectivity index (χ3n) is 2.94. The van der Waals surface area contributed by atoms with Crippen LogP contribution < -0.4 is 0 Å². The molecule has 1 heterocycles. The van der Waals surface area contributed by atoms with Crippen molar-refractivity contribution in [3.63, 3.8) is 0 Å². The Hall–Kier alpha value is -0.640. The Kier molecular flexibility index (Phi) is 4.02. The average molecular weight is 258 g/mol. The molecule has 1 fully saturated rings. The molecule has 0 amide bonds. The zero-order chi connectivity index (χ0) is 12.4. The summed E-state index contributed by atoms with van der Waals surface area (Å²) in [4.78, 5) is 2.18. The summed E-state index contributed by atoms with van der Waals surface area (Å²) in [5.74, 6) is -0.232. The summed E-state index contributed by atoms with van der Waals surface area (Å²) in [6, 6.07) is 4.81. The fourth-order valence-corrected chi connectivity index (χ4v) is 2.54. The molecule has 0 radical (unpaired) electrons. The molecule has 1 saturated heterocycles. The lowest BCUT2D eigenvalue weighted by molar-refractivity contribution is -0.0707. The van der Waals surface area contributed by atoms with Gasteiger partial charge in [0, 0.05) is 30.2 Å². The molecule has 2 unspecified atom stereocenters. The molecule has 94 valence electrons. The first-order valence-electron chi connectivity index (χ1n) is 5.87. The van der Waals surface area contributed by atoms with Gasteiger partial charge in [-0.1, -0.05) is 17.7 Å². The lowest BCUT2D eigenvalue weighted by atomic mass is 10.1. The quantitative estimate of drug-likeness (QED) is 0.807. The minimum atomic E-state index is -0.232. The highest BCUT2D eigenvalue weighted by molar-refractivity contribution is 6.31. The van der Waals surface area contributed by atoms with Crippen molar-refractivity contribution in [2.24, 2.45) is 0 Å². The Morgan fingerprint density at radius 1 is 1.35 bits per heavy atom. The van der Waals surface area contributed by atoms with Gasteiger partial charge in [-0.15, -0.1) is 0 Å². The van der Waals surface area contributed by atoms with E-state index in [0.29, 0.717) is 17.1 Å². The summed E-state index contributed by atoms with van der Waals surface area (Å²) < 4.78 is 19.3. The second kappa shape index (κ2) is 5.34. The van der Waals surface area contributed by atoms with E-state index < -0.39 is 0 Å². The maximum Gasteiger partial charge on any atom is 0.129 e. The molecule has 2 nitrogen and oxygen atoms in total. The van der Waals surface area contributed by atoms with Gasteiger partial charge in [0.25, 0.3) is 0 Å². The summed E-state index contributed by atoms with van der Waals surface area (Å²) in [6.07, 6.45) is 0.369. The van der Waals surface area contributed by atoms with Crippen LogP contribution in [0.5, 0.6) is 0 Å². The van der Waals surface area contributed by atoms with Gasteiger partial charge >= 0.3 is 0 Å². The Bertz CT molecular complexity index is 369. The number of benzene rings is 1. The third kappa shape index (κ3) is 3.18. The van der Waals surface area contributed by atoms with Gasteiger partial charge in [0.1, 0.15) is 5.82 Å². The van der Waals surface area contributed by atoms with Gasteiger partial charge in [0.05, 0.1) is 12.2 Å². The number of rotatable bonds is 2. The lowest BCUT2D eigenvalue weighted by Crippen LogP contribution is -2.45. The van der Waals surface area contributed by atoms with Crippen molar-refractivity contribution >= 4 is 11.6 Å². The molecule has 0 bridgehead atoms. The molecule has 2 rings (SSSR count). The molecular weight excluding hydrogens is 241 g/mol. The Labute approximate surface area is 106 Å². The summed E-state index contributed by atoms with van der Waals surface area (Å²) in [7, 11) is 0. The highest BCUT2D eigenvalue weighted by Gasteiger charge is 2.23. The molecule has 1 aromatic rings. The summed E-state index contributed by atoms with van der Waals surface area (Å²) in [6.45, 7) is 6.24. The Morgan fingerprint density at radius 2 is 2.00 bits per heavy atom. The topological polar surface area (TPSA) is 12.5 Å². The molecule has 0 aliphatic carbocycles. The predicted molar refractivity (Wildman–Crippen MR) is 66.7 cm³/mol. The first-order chi connectivity index (χ1) is 8.06. The number of halogens is 2. The molecule has 17 heavy (non-hydrogen) atoms. The van der Waals surface area contributed by atoms with E-state index in [0.717, 1.165) is 13.1 Å². The minimum absolute atomic E-state index is 0.185. The molecule has 0 N–H and O–H groups in total. The van der Waals surface area contributed by atoms with Crippen molar-refractivity contribution in [3.8, 4) is 0 Å². The van der Waals surface area contributed by atoms with Gasteiger partial charge in [-0.05, 0) is 26.0 Å². The molecule has 2 atom stereocenters. The first kappa shape index (κ1) is 12.8. The second-order valence-corrected chi connectivity index (χ2v) is 5.06. The van der Waals surface area contributed by atoms with Crippen LogP contribution in [-0.4, -0.2) is 30.2 Å². The summed E-state index contributed by atoms with van der Waals surface area (Å²) >= 11 is 6.02. The fraction of sp³-hybridized carbons (Fsp3) is 0.538. The van der Waals surface area contributed by atoms with Crippen LogP contribution in [0.2, 0.25) is 5.02 Å². The SMILES string of the molecule is CC1CN(Cc2c(F)cccc2Cl)CC(C)O1. The zero-order valence-electron chi connectivity index (χ0n) is 10.1. The predicted octanol–water partition coefficient (Wildman–Crippen LogP) is 3.09. The highest BCUT2D eigenvalue weighted by atomic mass is 35.5. The average Bonchev–Trinajstić information content (AvgIpc) is 2.22. The van der Waals surface area contributed by atoms with Crippen molar-refractivity contribution in [1.29, 1.82) is 0 Å². The van der Waals surface area contributed by atoms with E-state index in [1.54, 1.807) is 12.1 Å². The van der Waals surface area contributed by atoms with E-state index in [1.165, 1.54) is 6.07 Å². The van der Waals surface area contributed by atoms with Crippen LogP contribution in [-0.2, 0) is 11.3 Å². The molecular formula is C13H17ClFNO. The number of hydrogen-bond acceptors (Lipinski definition) is 2. The zero-order valence-corrected chi connectivity index (χ0v) is 10.9. The molecule has 1 aliphatic rings. The molecule has 4 heteroatoms. The van der Waals surface area contributed by atoms with Crippen molar-refractivity contribution in [2.45, 2.75) is 32.6 Å². The van der Waals surface area contributed by atoms with Crippen molar-refractivity contribution in [3.05, 3.63) is 34.6 Å². The van der Waals surface area contributed by atoms with Gasteiger partial charge < -0.3 is 4.74 Å². The van der Waals surface area contributed by atoms with Gasteiger partial charge in [-0.2, -0.15) is 0 Å². The number of nitrogens with zero attached hydrogens (tertiary/aromatic N) is 1. The van der Waals surface area contributed by atoms with Crippen molar-refractivity contribution in [1.82, 2.24) is 4.90 Å². The fourth-order valence-electron chi connectivity index (χ4n) is 2.32. The lowest BCUT2D eigenvalue weighted by Gasteiger charge is -2.35. The molecule has 1 aromatic carbocycles. The van der Waals surface area contributed by atoms with Crippen LogP contribution in [0, 0.1) is 5.82 Å². The minimum Gasteiger partial charge on any atom is -0.373 e. The van der Waals surface area contributed by atoms with Gasteiger partial charge in [-0.25, -0.2) is 4.39 Å². The monoisotopic (exact) mass is 257 g/mol. The number of hydrogen-bond donors (Lipinski definition) is 0. The third-order valence-corrected chi connectivity index (χ3v) is 3.29. The standard InChI is InChI=1S/C13H17ClFNO/c1-9-6-16(7-10(2)17-9)8-11-12(14)4-3-5-13(11)15/h3-5,9-10H,6-8H2,1-2H3. The Morgan fingerprint density at radius 3 is 2.59 bits per heavy atom. The van der Waals surface area contributed by atoms with E-state index >= 15 is 0 Å². The molecule has 1 aliphatic heterocycles. The van der Waals surface area contributed by atoms with E-state index in [4.69, 9.17) is 16.3 Å². The van der Waals surface area contributed by atoms with E-state index in [9.17, 15) is 4.39 Å². The van der Waals surface area contributed by atoms with Crippen molar-refractivity contribution in [2.75, 3.05) is 13.1 Å². The smallest absolute Gasteiger partial charge is 0.129 e. The van der Waals surface area contributed by atoms with Crippen LogP contribution in [0.15, 0.2) is 18.2 Å².